The third-order valence-electron chi connectivity index (χ3n) is 5.82. The summed E-state index contributed by atoms with van der Waals surface area (Å²) in [6.07, 6.45) is 0.347. The summed E-state index contributed by atoms with van der Waals surface area (Å²) < 4.78 is 33.4. The maximum Gasteiger partial charge on any atom is 0.265 e. The van der Waals surface area contributed by atoms with Crippen LogP contribution in [0.3, 0.4) is 0 Å². The second-order valence-corrected chi connectivity index (χ2v) is 10.7. The van der Waals surface area contributed by atoms with Gasteiger partial charge in [0, 0.05) is 18.8 Å². The molecule has 1 saturated heterocycles. The van der Waals surface area contributed by atoms with Crippen molar-refractivity contribution in [1.82, 2.24) is 4.31 Å². The minimum Gasteiger partial charge on any atom is -0.481 e. The van der Waals surface area contributed by atoms with E-state index in [-0.39, 0.29) is 10.8 Å². The monoisotopic (exact) mass is 444 g/mol. The van der Waals surface area contributed by atoms with Crippen molar-refractivity contribution in [1.29, 1.82) is 0 Å². The zero-order valence-electron chi connectivity index (χ0n) is 18.9. The molecule has 3 rings (SSSR count). The molecule has 0 unspecified atom stereocenters. The maximum absolute atomic E-state index is 13.0. The molecule has 1 aliphatic heterocycles. The van der Waals surface area contributed by atoms with Gasteiger partial charge in [-0.15, -0.1) is 0 Å². The van der Waals surface area contributed by atoms with E-state index in [1.54, 1.807) is 35.5 Å². The minimum atomic E-state index is -3.54. The molecule has 7 heteroatoms. The standard InChI is InChI=1S/C24H32N2O4S/c1-16-13-17(2)15-26(14-16)31(28,29)22-11-9-21(10-12-22)25-24(27)20(5)30-23-8-6-7-18(3)19(23)4/h6-12,16-17,20H,13-15H2,1-5H3,(H,25,27)/t16-,17-,20+/m1/s1. The number of amides is 1. The first kappa shape index (κ1) is 23.3. The lowest BCUT2D eigenvalue weighted by atomic mass is 9.94. The zero-order chi connectivity index (χ0) is 22.8. The lowest BCUT2D eigenvalue weighted by Gasteiger charge is -2.34. The van der Waals surface area contributed by atoms with Crippen molar-refractivity contribution in [2.75, 3.05) is 18.4 Å². The Morgan fingerprint density at radius 1 is 1.06 bits per heavy atom. The molecule has 0 aromatic heterocycles. The van der Waals surface area contributed by atoms with Gasteiger partial charge in [-0.1, -0.05) is 26.0 Å². The molecule has 2 aromatic carbocycles. The second kappa shape index (κ2) is 9.40. The van der Waals surface area contributed by atoms with Gasteiger partial charge in [0.05, 0.1) is 4.90 Å². The Balaban J connectivity index is 1.66. The van der Waals surface area contributed by atoms with Crippen LogP contribution in [0.4, 0.5) is 5.69 Å². The number of aryl methyl sites for hydroxylation is 1. The molecular weight excluding hydrogens is 412 g/mol. The average molecular weight is 445 g/mol. The van der Waals surface area contributed by atoms with Crippen LogP contribution < -0.4 is 10.1 Å². The first-order valence-electron chi connectivity index (χ1n) is 10.7. The number of rotatable bonds is 6. The fraction of sp³-hybridized carbons (Fsp3) is 0.458. The van der Waals surface area contributed by atoms with Crippen molar-refractivity contribution in [3.05, 3.63) is 53.6 Å². The number of hydrogen-bond donors (Lipinski definition) is 1. The van der Waals surface area contributed by atoms with E-state index < -0.39 is 16.1 Å². The second-order valence-electron chi connectivity index (χ2n) is 8.74. The summed E-state index contributed by atoms with van der Waals surface area (Å²) in [7, 11) is -3.54. The fourth-order valence-corrected chi connectivity index (χ4v) is 5.68. The molecule has 1 N–H and O–H groups in total. The Morgan fingerprint density at radius 3 is 2.29 bits per heavy atom. The summed E-state index contributed by atoms with van der Waals surface area (Å²) in [6.45, 7) is 10.9. The van der Waals surface area contributed by atoms with Crippen LogP contribution in [-0.2, 0) is 14.8 Å². The van der Waals surface area contributed by atoms with Crippen molar-refractivity contribution >= 4 is 21.6 Å². The van der Waals surface area contributed by atoms with Crippen molar-refractivity contribution in [2.24, 2.45) is 11.8 Å². The lowest BCUT2D eigenvalue weighted by Crippen LogP contribution is -2.42. The molecule has 0 radical (unpaired) electrons. The highest BCUT2D eigenvalue weighted by molar-refractivity contribution is 7.89. The summed E-state index contributed by atoms with van der Waals surface area (Å²) in [6, 6.07) is 12.1. The van der Waals surface area contributed by atoms with E-state index in [1.165, 1.54) is 0 Å². The number of sulfonamides is 1. The van der Waals surface area contributed by atoms with Gasteiger partial charge < -0.3 is 10.1 Å². The Hall–Kier alpha value is -2.38. The van der Waals surface area contributed by atoms with Crippen LogP contribution in [0.5, 0.6) is 5.75 Å². The Kier molecular flexibility index (Phi) is 7.06. The van der Waals surface area contributed by atoms with Gasteiger partial charge in [0.25, 0.3) is 5.91 Å². The SMILES string of the molecule is Cc1cccc(O[C@@H](C)C(=O)Nc2ccc(S(=O)(=O)N3C[C@H](C)C[C@@H](C)C3)cc2)c1C. The maximum atomic E-state index is 13.0. The van der Waals surface area contributed by atoms with E-state index in [9.17, 15) is 13.2 Å². The third-order valence-corrected chi connectivity index (χ3v) is 7.67. The highest BCUT2D eigenvalue weighted by Gasteiger charge is 2.31. The molecule has 1 fully saturated rings. The number of benzene rings is 2. The van der Waals surface area contributed by atoms with Crippen LogP contribution in [0.1, 0.15) is 38.3 Å². The molecular formula is C24H32N2O4S. The van der Waals surface area contributed by atoms with Crippen molar-refractivity contribution in [3.63, 3.8) is 0 Å². The van der Waals surface area contributed by atoms with Gasteiger partial charge >= 0.3 is 0 Å². The molecule has 1 aliphatic rings. The molecule has 1 amide bonds. The summed E-state index contributed by atoms with van der Waals surface area (Å²) in [5, 5.41) is 2.80. The van der Waals surface area contributed by atoms with E-state index in [0.29, 0.717) is 36.4 Å². The number of piperidine rings is 1. The average Bonchev–Trinajstić information content (AvgIpc) is 2.71. The molecule has 3 atom stereocenters. The first-order chi connectivity index (χ1) is 14.6. The zero-order valence-corrected chi connectivity index (χ0v) is 19.7. The Bertz CT molecular complexity index is 1020. The smallest absolute Gasteiger partial charge is 0.265 e. The molecule has 0 spiro atoms. The summed E-state index contributed by atoms with van der Waals surface area (Å²) >= 11 is 0. The van der Waals surface area contributed by atoms with Gasteiger partial charge in [0.1, 0.15) is 5.75 Å². The fourth-order valence-electron chi connectivity index (χ4n) is 4.00. The largest absolute Gasteiger partial charge is 0.481 e. The van der Waals surface area contributed by atoms with E-state index in [0.717, 1.165) is 17.5 Å². The van der Waals surface area contributed by atoms with Gasteiger partial charge in [-0.05, 0) is 80.5 Å². The van der Waals surface area contributed by atoms with Crippen molar-refractivity contribution < 1.29 is 17.9 Å². The summed E-state index contributed by atoms with van der Waals surface area (Å²) in [5.74, 6) is 1.07. The Labute approximate surface area is 185 Å². The molecule has 1 heterocycles. The molecule has 0 aliphatic carbocycles. The molecule has 31 heavy (non-hydrogen) atoms. The van der Waals surface area contributed by atoms with Gasteiger partial charge in [0.2, 0.25) is 10.0 Å². The van der Waals surface area contributed by atoms with Gasteiger partial charge in [-0.25, -0.2) is 8.42 Å². The van der Waals surface area contributed by atoms with Gasteiger partial charge in [-0.2, -0.15) is 4.31 Å². The number of carbonyl (C=O) groups is 1. The number of carbonyl (C=O) groups excluding carboxylic acids is 1. The first-order valence-corrected chi connectivity index (χ1v) is 12.2. The molecule has 6 nitrogen and oxygen atoms in total. The van der Waals surface area contributed by atoms with E-state index >= 15 is 0 Å². The molecule has 2 aromatic rings. The van der Waals surface area contributed by atoms with Crippen molar-refractivity contribution in [3.8, 4) is 5.75 Å². The van der Waals surface area contributed by atoms with Crippen LogP contribution in [0.15, 0.2) is 47.4 Å². The predicted molar refractivity (Wildman–Crippen MR) is 123 cm³/mol. The van der Waals surface area contributed by atoms with Gasteiger partial charge in [-0.3, -0.25) is 4.79 Å². The summed E-state index contributed by atoms with van der Waals surface area (Å²) in [5.41, 5.74) is 2.62. The number of hydrogen-bond acceptors (Lipinski definition) is 4. The number of nitrogens with zero attached hydrogens (tertiary/aromatic N) is 1. The van der Waals surface area contributed by atoms with E-state index in [2.05, 4.69) is 19.2 Å². The van der Waals surface area contributed by atoms with Crippen LogP contribution in [0, 0.1) is 25.7 Å². The van der Waals surface area contributed by atoms with Gasteiger partial charge in [0.15, 0.2) is 6.10 Å². The van der Waals surface area contributed by atoms with Crippen molar-refractivity contribution in [2.45, 2.75) is 52.0 Å². The highest BCUT2D eigenvalue weighted by atomic mass is 32.2. The van der Waals surface area contributed by atoms with Crippen LogP contribution >= 0.6 is 0 Å². The predicted octanol–water partition coefficient (Wildman–Crippen LogP) is 4.38. The number of nitrogens with one attached hydrogen (secondary N) is 1. The third kappa shape index (κ3) is 5.46. The molecule has 0 saturated carbocycles. The lowest BCUT2D eigenvalue weighted by molar-refractivity contribution is -0.122. The van der Waals surface area contributed by atoms with Crippen LogP contribution in [0.25, 0.3) is 0 Å². The van der Waals surface area contributed by atoms with E-state index in [4.69, 9.17) is 4.74 Å². The normalized spacial score (nSPS) is 20.8. The Morgan fingerprint density at radius 2 is 1.68 bits per heavy atom. The number of ether oxygens (including phenoxy) is 1. The summed E-state index contributed by atoms with van der Waals surface area (Å²) in [4.78, 5) is 12.8. The quantitative estimate of drug-likeness (QED) is 0.718. The van der Waals surface area contributed by atoms with Crippen LogP contribution in [0.2, 0.25) is 0 Å². The topological polar surface area (TPSA) is 75.7 Å². The van der Waals surface area contributed by atoms with E-state index in [1.807, 2.05) is 32.0 Å². The number of anilines is 1. The molecule has 0 bridgehead atoms. The van der Waals surface area contributed by atoms with Crippen LogP contribution in [-0.4, -0.2) is 37.8 Å². The molecule has 168 valence electrons. The highest BCUT2D eigenvalue weighted by Crippen LogP contribution is 2.27. The minimum absolute atomic E-state index is 0.242.